The minimum atomic E-state index is -0.526. The first-order chi connectivity index (χ1) is 16.3. The van der Waals surface area contributed by atoms with E-state index in [0.717, 1.165) is 41.8 Å². The van der Waals surface area contributed by atoms with Crippen molar-refractivity contribution in [1.82, 2.24) is 15.5 Å². The lowest BCUT2D eigenvalue weighted by molar-refractivity contribution is -0.132. The number of amides is 1. The molecule has 176 valence electrons. The van der Waals surface area contributed by atoms with Crippen LogP contribution in [0, 0.1) is 0 Å². The van der Waals surface area contributed by atoms with Crippen LogP contribution in [0.25, 0.3) is 5.70 Å². The van der Waals surface area contributed by atoms with Crippen LogP contribution in [0.4, 0.5) is 0 Å². The lowest BCUT2D eigenvalue weighted by Gasteiger charge is -2.43. The first-order valence-electron chi connectivity index (χ1n) is 12.3. The van der Waals surface area contributed by atoms with Gasteiger partial charge in [0, 0.05) is 16.8 Å². The summed E-state index contributed by atoms with van der Waals surface area (Å²) in [4.78, 5) is 20.2. The number of guanidine groups is 1. The largest absolute Gasteiger partial charge is 0.491 e. The van der Waals surface area contributed by atoms with E-state index >= 15 is 0 Å². The van der Waals surface area contributed by atoms with Crippen molar-refractivity contribution in [3.05, 3.63) is 71.3 Å². The highest BCUT2D eigenvalue weighted by Crippen LogP contribution is 2.49. The third-order valence-electron chi connectivity index (χ3n) is 8.09. The molecule has 34 heavy (non-hydrogen) atoms. The van der Waals surface area contributed by atoms with Crippen LogP contribution in [0.5, 0.6) is 5.75 Å². The number of carbonyl (C=O) groups excluding carboxylic acids is 1. The fourth-order valence-electron chi connectivity index (χ4n) is 5.95. The van der Waals surface area contributed by atoms with Gasteiger partial charge >= 0.3 is 0 Å². The maximum Gasteiger partial charge on any atom is 0.232 e. The Kier molecular flexibility index (Phi) is 4.60. The normalized spacial score (nSPS) is 30.9. The third-order valence-corrected chi connectivity index (χ3v) is 8.09. The van der Waals surface area contributed by atoms with Gasteiger partial charge in [-0.25, -0.2) is 4.99 Å². The van der Waals surface area contributed by atoms with Gasteiger partial charge < -0.3 is 15.4 Å². The second kappa shape index (κ2) is 7.36. The molecule has 1 saturated heterocycles. The lowest BCUT2D eigenvalue weighted by atomic mass is 9.83. The highest BCUT2D eigenvalue weighted by Gasteiger charge is 2.55. The molecule has 2 aromatic rings. The summed E-state index contributed by atoms with van der Waals surface area (Å²) in [6.45, 7) is 11.1. The quantitative estimate of drug-likeness (QED) is 0.712. The molecular weight excluding hydrogens is 424 g/mol. The molecule has 4 unspecified atom stereocenters. The third kappa shape index (κ3) is 3.15. The Morgan fingerprint density at radius 2 is 2.09 bits per heavy atom. The molecule has 2 N–H and O–H groups in total. The minimum absolute atomic E-state index is 0.119. The zero-order valence-electron chi connectivity index (χ0n) is 20.1. The first kappa shape index (κ1) is 21.3. The Morgan fingerprint density at radius 3 is 2.91 bits per heavy atom. The van der Waals surface area contributed by atoms with E-state index in [4.69, 9.17) is 9.73 Å². The fraction of sp³-hybridized carbons (Fsp3) is 0.429. The molecule has 1 fully saturated rings. The number of fused-ring (bicyclic) bond motifs is 6. The van der Waals surface area contributed by atoms with Crippen LogP contribution >= 0.6 is 0 Å². The average molecular weight is 457 g/mol. The number of ether oxygens (including phenoxy) is 1. The van der Waals surface area contributed by atoms with Gasteiger partial charge in [0.05, 0.1) is 18.5 Å². The van der Waals surface area contributed by atoms with E-state index in [2.05, 4.69) is 74.4 Å². The van der Waals surface area contributed by atoms with E-state index in [9.17, 15) is 4.79 Å². The molecule has 6 rings (SSSR count). The SMILES string of the molecule is C=C(NC1CCc2ccccc21)c1ccc2c(c1)C1N3C(=O)CC(C)(CC)NC3=NC1(C)CO2. The molecule has 1 aliphatic carbocycles. The summed E-state index contributed by atoms with van der Waals surface area (Å²) in [6, 6.07) is 14.9. The van der Waals surface area contributed by atoms with Crippen molar-refractivity contribution in [2.45, 2.75) is 69.6 Å². The summed E-state index contributed by atoms with van der Waals surface area (Å²) in [7, 11) is 0. The van der Waals surface area contributed by atoms with E-state index in [1.807, 2.05) is 11.0 Å². The summed E-state index contributed by atoms with van der Waals surface area (Å²) in [6.07, 6.45) is 3.47. The predicted molar refractivity (Wildman–Crippen MR) is 133 cm³/mol. The molecule has 0 radical (unpaired) electrons. The van der Waals surface area contributed by atoms with Crippen molar-refractivity contribution in [3.63, 3.8) is 0 Å². The topological polar surface area (TPSA) is 66.0 Å². The molecule has 3 aliphatic heterocycles. The van der Waals surface area contributed by atoms with Crippen LogP contribution in [-0.2, 0) is 11.2 Å². The molecule has 0 saturated carbocycles. The number of carbonyl (C=O) groups is 1. The standard InChI is InChI=1S/C28H32N4O2/c1-5-27(3)15-24(33)32-25-21-14-19(11-13-23(21)34-16-28(25,4)31-26(32)30-27)17(2)29-22-12-10-18-8-6-7-9-20(18)22/h6-9,11,13-14,22,25,29H,2,5,10,12,15-16H2,1,3-4H3,(H,30,31). The number of hydrogen-bond acceptors (Lipinski definition) is 5. The van der Waals surface area contributed by atoms with Crippen LogP contribution in [0.15, 0.2) is 54.0 Å². The second-order valence-electron chi connectivity index (χ2n) is 10.6. The zero-order chi connectivity index (χ0) is 23.7. The molecule has 4 atom stereocenters. The number of nitrogens with zero attached hydrogens (tertiary/aromatic N) is 2. The van der Waals surface area contributed by atoms with Gasteiger partial charge in [0.1, 0.15) is 17.9 Å². The van der Waals surface area contributed by atoms with Gasteiger partial charge in [-0.1, -0.05) is 37.8 Å². The van der Waals surface area contributed by atoms with Crippen molar-refractivity contribution < 1.29 is 9.53 Å². The number of aryl methyl sites for hydroxylation is 1. The van der Waals surface area contributed by atoms with Crippen molar-refractivity contribution in [2.75, 3.05) is 6.61 Å². The van der Waals surface area contributed by atoms with Crippen LogP contribution in [-0.4, -0.2) is 34.5 Å². The van der Waals surface area contributed by atoms with Crippen molar-refractivity contribution in [2.24, 2.45) is 4.99 Å². The van der Waals surface area contributed by atoms with Gasteiger partial charge in [-0.2, -0.15) is 0 Å². The molecule has 4 aliphatic rings. The monoisotopic (exact) mass is 456 g/mol. The summed E-state index contributed by atoms with van der Waals surface area (Å²) in [5, 5.41) is 7.20. The summed E-state index contributed by atoms with van der Waals surface area (Å²) < 4.78 is 6.15. The molecule has 2 aromatic carbocycles. The molecular formula is C28H32N4O2. The molecule has 6 nitrogen and oxygen atoms in total. The van der Waals surface area contributed by atoms with E-state index in [0.29, 0.717) is 19.0 Å². The van der Waals surface area contributed by atoms with Gasteiger partial charge in [0.25, 0.3) is 0 Å². The van der Waals surface area contributed by atoms with Gasteiger partial charge in [-0.3, -0.25) is 9.69 Å². The van der Waals surface area contributed by atoms with Gasteiger partial charge in [0.2, 0.25) is 11.9 Å². The minimum Gasteiger partial charge on any atom is -0.491 e. The van der Waals surface area contributed by atoms with Gasteiger partial charge in [-0.05, 0) is 68.0 Å². The highest BCUT2D eigenvalue weighted by molar-refractivity contribution is 6.03. The smallest absolute Gasteiger partial charge is 0.232 e. The number of rotatable bonds is 4. The lowest BCUT2D eigenvalue weighted by Crippen LogP contribution is -2.60. The molecule has 0 aromatic heterocycles. The van der Waals surface area contributed by atoms with Crippen LogP contribution in [0.1, 0.15) is 74.4 Å². The first-order valence-corrected chi connectivity index (χ1v) is 12.3. The maximum absolute atomic E-state index is 13.4. The Morgan fingerprint density at radius 1 is 1.26 bits per heavy atom. The Labute approximate surface area is 201 Å². The van der Waals surface area contributed by atoms with Gasteiger partial charge in [0.15, 0.2) is 0 Å². The molecule has 3 heterocycles. The highest BCUT2D eigenvalue weighted by atomic mass is 16.5. The molecule has 6 heteroatoms. The van der Waals surface area contributed by atoms with Crippen LogP contribution in [0.2, 0.25) is 0 Å². The molecule has 0 bridgehead atoms. The number of aliphatic imine (C=N–C) groups is 1. The van der Waals surface area contributed by atoms with E-state index in [1.165, 1.54) is 11.1 Å². The van der Waals surface area contributed by atoms with Gasteiger partial charge in [-0.15, -0.1) is 0 Å². The summed E-state index contributed by atoms with van der Waals surface area (Å²) >= 11 is 0. The maximum atomic E-state index is 13.4. The number of hydrogen-bond donors (Lipinski definition) is 2. The van der Waals surface area contributed by atoms with Crippen molar-refractivity contribution in [1.29, 1.82) is 0 Å². The summed E-state index contributed by atoms with van der Waals surface area (Å²) in [5.74, 6) is 1.61. The van der Waals surface area contributed by atoms with Crippen molar-refractivity contribution in [3.8, 4) is 5.75 Å². The van der Waals surface area contributed by atoms with Crippen LogP contribution < -0.4 is 15.4 Å². The van der Waals surface area contributed by atoms with Crippen LogP contribution in [0.3, 0.4) is 0 Å². The van der Waals surface area contributed by atoms with Crippen molar-refractivity contribution >= 4 is 17.6 Å². The Balaban J connectivity index is 1.31. The van der Waals surface area contributed by atoms with E-state index in [-0.39, 0.29) is 23.5 Å². The fourth-order valence-corrected chi connectivity index (χ4v) is 5.95. The average Bonchev–Trinajstić information content (AvgIpc) is 3.36. The molecule has 1 amide bonds. The summed E-state index contributed by atoms with van der Waals surface area (Å²) in [5.41, 5.74) is 4.87. The Bertz CT molecular complexity index is 1240. The number of nitrogens with one attached hydrogen (secondary N) is 2. The van der Waals surface area contributed by atoms with E-state index in [1.54, 1.807) is 0 Å². The molecule has 0 spiro atoms. The zero-order valence-corrected chi connectivity index (χ0v) is 20.1. The number of benzene rings is 2. The Hall–Kier alpha value is -3.28. The van der Waals surface area contributed by atoms with E-state index < -0.39 is 5.54 Å². The second-order valence-corrected chi connectivity index (χ2v) is 10.6. The predicted octanol–water partition coefficient (Wildman–Crippen LogP) is 4.49.